The van der Waals surface area contributed by atoms with Gasteiger partial charge in [0.2, 0.25) is 0 Å². The van der Waals surface area contributed by atoms with Gasteiger partial charge in [-0.2, -0.15) is 0 Å². The third-order valence-electron chi connectivity index (χ3n) is 1.77. The van der Waals surface area contributed by atoms with Gasteiger partial charge in [0.1, 0.15) is 0 Å². The van der Waals surface area contributed by atoms with Gasteiger partial charge in [0.25, 0.3) is 0 Å². The van der Waals surface area contributed by atoms with E-state index >= 15 is 0 Å². The summed E-state index contributed by atoms with van der Waals surface area (Å²) >= 11 is 0. The van der Waals surface area contributed by atoms with Gasteiger partial charge in [0.15, 0.2) is 13.2 Å². The van der Waals surface area contributed by atoms with Crippen molar-refractivity contribution >= 4 is 23.9 Å². The number of hydrogen-bond donors (Lipinski definition) is 0. The molecule has 0 saturated heterocycles. The topological polar surface area (TPSA) is 105 Å². The highest BCUT2D eigenvalue weighted by atomic mass is 16.6. The summed E-state index contributed by atoms with van der Waals surface area (Å²) in [6, 6.07) is 0. The van der Waals surface area contributed by atoms with Gasteiger partial charge in [-0.3, -0.25) is 4.79 Å². The van der Waals surface area contributed by atoms with Crippen LogP contribution in [-0.4, -0.2) is 51.3 Å². The number of esters is 4. The molecule has 8 nitrogen and oxygen atoms in total. The van der Waals surface area contributed by atoms with Crippen LogP contribution in [0.2, 0.25) is 0 Å². The molecule has 0 rings (SSSR count). The first-order valence-electron chi connectivity index (χ1n) is 5.04. The minimum Gasteiger partial charge on any atom is -0.466 e. The van der Waals surface area contributed by atoms with Crippen LogP contribution in [0.5, 0.6) is 0 Å². The number of carbonyl (C=O) groups is 4. The van der Waals surface area contributed by atoms with E-state index in [2.05, 4.69) is 25.5 Å². The summed E-state index contributed by atoms with van der Waals surface area (Å²) < 4.78 is 17.5. The fraction of sp³-hybridized carbons (Fsp3) is 0.455. The van der Waals surface area contributed by atoms with Gasteiger partial charge >= 0.3 is 23.9 Å². The predicted molar refractivity (Wildman–Crippen MR) is 59.7 cm³/mol. The molecule has 0 amide bonds. The molecule has 0 fully saturated rings. The summed E-state index contributed by atoms with van der Waals surface area (Å²) in [6.07, 6.45) is -0.461. The molecular weight excluding hydrogens is 260 g/mol. The maximum atomic E-state index is 11.3. The third-order valence-corrected chi connectivity index (χ3v) is 1.77. The molecule has 0 radical (unpaired) electrons. The van der Waals surface area contributed by atoms with E-state index in [-0.39, 0.29) is 5.57 Å². The first-order valence-corrected chi connectivity index (χ1v) is 5.04. The lowest BCUT2D eigenvalue weighted by molar-refractivity contribution is -0.158. The van der Waals surface area contributed by atoms with Crippen molar-refractivity contribution in [2.24, 2.45) is 0 Å². The minimum atomic E-state index is -0.930. The second kappa shape index (κ2) is 8.67. The quantitative estimate of drug-likeness (QED) is 0.343. The van der Waals surface area contributed by atoms with Crippen molar-refractivity contribution in [3.05, 3.63) is 12.2 Å². The molecule has 0 saturated carbocycles. The van der Waals surface area contributed by atoms with Crippen LogP contribution in [0.25, 0.3) is 0 Å². The average molecular weight is 274 g/mol. The zero-order valence-corrected chi connectivity index (χ0v) is 10.6. The lowest BCUT2D eigenvalue weighted by Gasteiger charge is -2.06. The van der Waals surface area contributed by atoms with Crippen LogP contribution in [0.4, 0.5) is 0 Å². The van der Waals surface area contributed by atoms with Gasteiger partial charge in [0.05, 0.1) is 20.6 Å². The molecule has 19 heavy (non-hydrogen) atoms. The largest absolute Gasteiger partial charge is 0.466 e. The van der Waals surface area contributed by atoms with Crippen molar-refractivity contribution in [2.45, 2.75) is 6.42 Å². The van der Waals surface area contributed by atoms with Crippen molar-refractivity contribution in [1.82, 2.24) is 0 Å². The summed E-state index contributed by atoms with van der Waals surface area (Å²) in [6.45, 7) is 2.17. The number of rotatable bonds is 7. The Morgan fingerprint density at radius 3 is 1.79 bits per heavy atom. The number of ether oxygens (including phenoxy) is 4. The SMILES string of the molecule is C=C(CC(=O)OCC(=O)OC)C(=O)OCC(=O)OC. The number of methoxy groups -OCH3 is 2. The molecule has 0 atom stereocenters. The highest BCUT2D eigenvalue weighted by molar-refractivity contribution is 5.94. The maximum absolute atomic E-state index is 11.3. The Hall–Kier alpha value is -2.38. The Kier molecular flexibility index (Phi) is 7.59. The lowest BCUT2D eigenvalue weighted by atomic mass is 10.2. The highest BCUT2D eigenvalue weighted by Crippen LogP contribution is 2.03. The van der Waals surface area contributed by atoms with Crippen molar-refractivity contribution in [2.75, 3.05) is 27.4 Å². The fourth-order valence-corrected chi connectivity index (χ4v) is 0.781. The van der Waals surface area contributed by atoms with E-state index in [0.717, 1.165) is 14.2 Å². The zero-order chi connectivity index (χ0) is 14.8. The normalized spacial score (nSPS) is 9.16. The molecule has 106 valence electrons. The van der Waals surface area contributed by atoms with E-state index in [1.165, 1.54) is 0 Å². The summed E-state index contributed by atoms with van der Waals surface area (Å²) in [5.74, 6) is -3.24. The highest BCUT2D eigenvalue weighted by Gasteiger charge is 2.16. The first-order chi connectivity index (χ1) is 8.90. The van der Waals surface area contributed by atoms with Gasteiger partial charge in [-0.15, -0.1) is 0 Å². The van der Waals surface area contributed by atoms with Gasteiger partial charge in [-0.1, -0.05) is 6.58 Å². The number of hydrogen-bond acceptors (Lipinski definition) is 8. The van der Waals surface area contributed by atoms with Crippen LogP contribution >= 0.6 is 0 Å². The molecule has 0 aromatic rings. The van der Waals surface area contributed by atoms with E-state index < -0.39 is 43.5 Å². The Morgan fingerprint density at radius 2 is 1.32 bits per heavy atom. The molecule has 0 N–H and O–H groups in total. The fourth-order valence-electron chi connectivity index (χ4n) is 0.781. The van der Waals surface area contributed by atoms with Crippen molar-refractivity contribution in [3.63, 3.8) is 0 Å². The monoisotopic (exact) mass is 274 g/mol. The molecule has 0 bridgehead atoms. The smallest absolute Gasteiger partial charge is 0.344 e. The molecule has 0 unspecified atom stereocenters. The summed E-state index contributed by atoms with van der Waals surface area (Å²) in [7, 11) is 2.27. The molecule has 0 aliphatic carbocycles. The van der Waals surface area contributed by atoms with E-state index in [9.17, 15) is 19.2 Å². The van der Waals surface area contributed by atoms with E-state index in [0.29, 0.717) is 0 Å². The minimum absolute atomic E-state index is 0.209. The van der Waals surface area contributed by atoms with Crippen LogP contribution in [0.1, 0.15) is 6.42 Å². The van der Waals surface area contributed by atoms with Crippen molar-refractivity contribution in [3.8, 4) is 0 Å². The van der Waals surface area contributed by atoms with Crippen molar-refractivity contribution < 1.29 is 38.1 Å². The summed E-state index contributed by atoms with van der Waals surface area (Å²) in [5.41, 5.74) is -0.209. The third kappa shape index (κ3) is 7.53. The summed E-state index contributed by atoms with van der Waals surface area (Å²) in [5, 5.41) is 0. The molecule has 0 heterocycles. The Labute approximate surface area is 109 Å². The van der Waals surface area contributed by atoms with Crippen LogP contribution in [0.15, 0.2) is 12.2 Å². The molecule has 8 heteroatoms. The van der Waals surface area contributed by atoms with Gasteiger partial charge in [-0.05, 0) is 0 Å². The van der Waals surface area contributed by atoms with E-state index in [4.69, 9.17) is 0 Å². The van der Waals surface area contributed by atoms with Crippen LogP contribution < -0.4 is 0 Å². The molecule has 0 spiro atoms. The second-order valence-electron chi connectivity index (χ2n) is 3.17. The van der Waals surface area contributed by atoms with Gasteiger partial charge in [0, 0.05) is 5.57 Å². The molecule has 0 aliphatic rings. The van der Waals surface area contributed by atoms with Crippen molar-refractivity contribution in [1.29, 1.82) is 0 Å². The predicted octanol–water partition coefficient (Wildman–Crippen LogP) is -0.635. The number of carbonyl (C=O) groups excluding carboxylic acids is 4. The molecule has 0 aromatic heterocycles. The standard InChI is InChI=1S/C11H14O8/c1-7(11(15)19-6-10(14)17-3)4-8(12)18-5-9(13)16-2/h1,4-6H2,2-3H3. The maximum Gasteiger partial charge on any atom is 0.344 e. The Balaban J connectivity index is 4.01. The van der Waals surface area contributed by atoms with Gasteiger partial charge < -0.3 is 18.9 Å². The zero-order valence-electron chi connectivity index (χ0n) is 10.6. The summed E-state index contributed by atoms with van der Waals surface area (Å²) in [4.78, 5) is 43.8. The first kappa shape index (κ1) is 16.6. The Morgan fingerprint density at radius 1 is 0.842 bits per heavy atom. The molecular formula is C11H14O8. The lowest BCUT2D eigenvalue weighted by Crippen LogP contribution is -2.19. The van der Waals surface area contributed by atoms with E-state index in [1.807, 2.05) is 0 Å². The van der Waals surface area contributed by atoms with E-state index in [1.54, 1.807) is 0 Å². The Bertz CT molecular complexity index is 384. The van der Waals surface area contributed by atoms with Crippen LogP contribution in [-0.2, 0) is 38.1 Å². The van der Waals surface area contributed by atoms with Crippen LogP contribution in [0.3, 0.4) is 0 Å². The molecule has 0 aliphatic heterocycles. The average Bonchev–Trinajstić information content (AvgIpc) is 2.41. The second-order valence-corrected chi connectivity index (χ2v) is 3.17. The van der Waals surface area contributed by atoms with Gasteiger partial charge in [-0.25, -0.2) is 14.4 Å². The van der Waals surface area contributed by atoms with Crippen LogP contribution in [0, 0.1) is 0 Å². The molecule has 0 aromatic carbocycles.